The Bertz CT molecular complexity index is 1090. The monoisotopic (exact) mass is 500 g/mol. The minimum atomic E-state index is -2.52. The first-order valence-electron chi connectivity index (χ1n) is 11.4. The van der Waals surface area contributed by atoms with Gasteiger partial charge < -0.3 is 38.8 Å². The lowest BCUT2D eigenvalue weighted by Crippen LogP contribution is -2.48. The summed E-state index contributed by atoms with van der Waals surface area (Å²) in [7, 11) is 0. The molecule has 192 valence electrons. The molecular weight excluding hydrogens is 472 g/mol. The van der Waals surface area contributed by atoms with Crippen molar-refractivity contribution in [2.24, 2.45) is 0 Å². The lowest BCUT2D eigenvalue weighted by Gasteiger charge is -2.23. The molecule has 0 aliphatic carbocycles. The third kappa shape index (κ3) is 7.00. The second-order valence-electron chi connectivity index (χ2n) is 7.82. The smallest absolute Gasteiger partial charge is 0.434 e. The number of carbonyl (C=O) groups is 2. The molecule has 11 heteroatoms. The molecule has 0 bridgehead atoms. The van der Waals surface area contributed by atoms with Crippen molar-refractivity contribution < 1.29 is 43.1 Å². The van der Waals surface area contributed by atoms with Crippen LogP contribution < -0.4 is 14.8 Å². The SMILES string of the molecule is CCOC(=O)OC1(OC(=O)OCC)Oc2ccc(CC(C)NCC(O)c3cccc(C#N)c3)cc2O1. The number of aliphatic hydroxyl groups excluding tert-OH is 1. The lowest BCUT2D eigenvalue weighted by atomic mass is 10.0. The minimum Gasteiger partial charge on any atom is -0.434 e. The van der Waals surface area contributed by atoms with Gasteiger partial charge in [-0.1, -0.05) is 18.2 Å². The predicted molar refractivity (Wildman–Crippen MR) is 124 cm³/mol. The number of nitrogens with zero attached hydrogens (tertiary/aromatic N) is 1. The van der Waals surface area contributed by atoms with Gasteiger partial charge in [-0.05, 0) is 62.6 Å². The second-order valence-corrected chi connectivity index (χ2v) is 7.82. The lowest BCUT2D eigenvalue weighted by molar-refractivity contribution is -0.384. The van der Waals surface area contributed by atoms with Crippen LogP contribution in [0.15, 0.2) is 42.5 Å². The average Bonchev–Trinajstić information content (AvgIpc) is 3.19. The van der Waals surface area contributed by atoms with Crippen LogP contribution >= 0.6 is 0 Å². The van der Waals surface area contributed by atoms with Gasteiger partial charge in [-0.15, -0.1) is 0 Å². The number of rotatable bonds is 10. The fourth-order valence-corrected chi connectivity index (χ4v) is 3.41. The van der Waals surface area contributed by atoms with E-state index in [1.165, 1.54) is 0 Å². The molecule has 1 heterocycles. The molecule has 0 saturated carbocycles. The van der Waals surface area contributed by atoms with Crippen LogP contribution in [0.25, 0.3) is 0 Å². The zero-order valence-corrected chi connectivity index (χ0v) is 20.2. The summed E-state index contributed by atoms with van der Waals surface area (Å²) < 4.78 is 30.5. The molecule has 0 saturated heterocycles. The van der Waals surface area contributed by atoms with Crippen molar-refractivity contribution in [3.63, 3.8) is 0 Å². The fourth-order valence-electron chi connectivity index (χ4n) is 3.41. The molecule has 0 fully saturated rings. The zero-order valence-electron chi connectivity index (χ0n) is 20.2. The number of carbonyl (C=O) groups excluding carboxylic acids is 2. The van der Waals surface area contributed by atoms with E-state index in [1.54, 1.807) is 56.3 Å². The van der Waals surface area contributed by atoms with Gasteiger partial charge >= 0.3 is 18.5 Å². The normalized spacial score (nSPS) is 14.8. The molecule has 2 unspecified atom stereocenters. The van der Waals surface area contributed by atoms with Crippen LogP contribution in [-0.4, -0.2) is 49.4 Å². The van der Waals surface area contributed by atoms with Gasteiger partial charge in [-0.3, -0.25) is 0 Å². The quantitative estimate of drug-likeness (QED) is 0.365. The Hall–Kier alpha value is -4.01. The number of hydrogen-bond acceptors (Lipinski definition) is 11. The molecule has 1 aliphatic rings. The number of benzene rings is 2. The van der Waals surface area contributed by atoms with Gasteiger partial charge in [0, 0.05) is 12.6 Å². The van der Waals surface area contributed by atoms with Gasteiger partial charge in [-0.2, -0.15) is 5.26 Å². The third-order valence-electron chi connectivity index (χ3n) is 5.02. The van der Waals surface area contributed by atoms with E-state index >= 15 is 0 Å². The standard InChI is InChI=1S/C25H28N2O9/c1-4-31-23(29)35-25(36-24(30)32-5-2)33-21-10-9-17(13-22(21)34-25)11-16(3)27-15-20(28)19-8-6-7-18(12-19)14-26/h6-10,12-13,16,20,27-28H,4-5,11,15H2,1-3H3. The van der Waals surface area contributed by atoms with Gasteiger partial charge in [0.15, 0.2) is 11.5 Å². The Kier molecular flexibility index (Phi) is 8.94. The van der Waals surface area contributed by atoms with Gasteiger partial charge in [0.2, 0.25) is 0 Å². The molecule has 1 aliphatic heterocycles. The number of fused-ring (bicyclic) bond motifs is 1. The molecule has 2 aromatic rings. The molecule has 2 atom stereocenters. The number of nitriles is 1. The molecule has 0 spiro atoms. The van der Waals surface area contributed by atoms with E-state index in [1.807, 2.05) is 6.92 Å². The van der Waals surface area contributed by atoms with E-state index in [-0.39, 0.29) is 37.3 Å². The molecule has 36 heavy (non-hydrogen) atoms. The summed E-state index contributed by atoms with van der Waals surface area (Å²) in [6.45, 7) is 5.43. The Balaban J connectivity index is 1.63. The molecule has 0 amide bonds. The van der Waals surface area contributed by atoms with Crippen LogP contribution in [-0.2, 0) is 25.4 Å². The number of ether oxygens (including phenoxy) is 6. The van der Waals surface area contributed by atoms with Crippen LogP contribution in [0, 0.1) is 11.3 Å². The van der Waals surface area contributed by atoms with Crippen molar-refractivity contribution in [2.75, 3.05) is 19.8 Å². The van der Waals surface area contributed by atoms with Gasteiger partial charge in [0.25, 0.3) is 0 Å². The minimum absolute atomic E-state index is 0.0226. The first kappa shape index (κ1) is 26.6. The van der Waals surface area contributed by atoms with Gasteiger partial charge in [0.05, 0.1) is 31.0 Å². The second kappa shape index (κ2) is 12.1. The zero-order chi connectivity index (χ0) is 26.1. The van der Waals surface area contributed by atoms with Crippen LogP contribution in [0.2, 0.25) is 0 Å². The Morgan fingerprint density at radius 3 is 2.36 bits per heavy atom. The molecule has 2 N–H and O–H groups in total. The number of hydrogen-bond donors (Lipinski definition) is 2. The molecule has 2 aromatic carbocycles. The maximum Gasteiger partial charge on any atom is 0.620 e. The molecule has 0 radical (unpaired) electrons. The maximum absolute atomic E-state index is 11.9. The third-order valence-corrected chi connectivity index (χ3v) is 5.02. The van der Waals surface area contributed by atoms with Gasteiger partial charge in [0.1, 0.15) is 0 Å². The van der Waals surface area contributed by atoms with Crippen molar-refractivity contribution in [3.8, 4) is 17.6 Å². The highest BCUT2D eigenvalue weighted by Crippen LogP contribution is 2.41. The summed E-state index contributed by atoms with van der Waals surface area (Å²) in [5, 5.41) is 22.7. The number of aliphatic hydroxyl groups is 1. The Morgan fingerprint density at radius 1 is 1.06 bits per heavy atom. The van der Waals surface area contributed by atoms with E-state index in [0.717, 1.165) is 5.56 Å². The predicted octanol–water partition coefficient (Wildman–Crippen LogP) is 3.54. The fraction of sp³-hybridized carbons (Fsp3) is 0.400. The summed E-state index contributed by atoms with van der Waals surface area (Å²) in [6, 6.07) is 13.8. The van der Waals surface area contributed by atoms with Crippen molar-refractivity contribution >= 4 is 12.3 Å². The summed E-state index contributed by atoms with van der Waals surface area (Å²) >= 11 is 0. The van der Waals surface area contributed by atoms with Crippen LogP contribution in [0.3, 0.4) is 0 Å². The van der Waals surface area contributed by atoms with E-state index < -0.39 is 24.6 Å². The van der Waals surface area contributed by atoms with Crippen molar-refractivity contribution in [1.82, 2.24) is 5.32 Å². The van der Waals surface area contributed by atoms with Crippen LogP contribution in [0.1, 0.15) is 43.6 Å². The summed E-state index contributed by atoms with van der Waals surface area (Å²) in [5.41, 5.74) is 1.97. The van der Waals surface area contributed by atoms with E-state index in [9.17, 15) is 14.7 Å². The topological polar surface area (TPSA) is 146 Å². The Morgan fingerprint density at radius 2 is 1.72 bits per heavy atom. The van der Waals surface area contributed by atoms with Crippen LogP contribution in [0.4, 0.5) is 9.59 Å². The molecule has 3 rings (SSSR count). The van der Waals surface area contributed by atoms with Crippen molar-refractivity contribution in [2.45, 2.75) is 45.5 Å². The first-order chi connectivity index (χ1) is 17.3. The van der Waals surface area contributed by atoms with E-state index in [4.69, 9.17) is 33.7 Å². The maximum atomic E-state index is 11.9. The van der Waals surface area contributed by atoms with E-state index in [2.05, 4.69) is 11.4 Å². The average molecular weight is 501 g/mol. The first-order valence-corrected chi connectivity index (χ1v) is 11.4. The molecular formula is C25H28N2O9. The highest BCUT2D eigenvalue weighted by atomic mass is 17.1. The highest BCUT2D eigenvalue weighted by molar-refractivity contribution is 5.63. The van der Waals surface area contributed by atoms with Gasteiger partial charge in [-0.25, -0.2) is 9.59 Å². The Labute approximate surface area is 208 Å². The molecule has 0 aromatic heterocycles. The largest absolute Gasteiger partial charge is 0.620 e. The highest BCUT2D eigenvalue weighted by Gasteiger charge is 2.53. The van der Waals surface area contributed by atoms with E-state index in [0.29, 0.717) is 17.5 Å². The summed E-state index contributed by atoms with van der Waals surface area (Å²) in [6.07, 6.45) is -5.08. The van der Waals surface area contributed by atoms with Crippen molar-refractivity contribution in [1.29, 1.82) is 5.26 Å². The summed E-state index contributed by atoms with van der Waals surface area (Å²) in [4.78, 5) is 23.8. The van der Waals surface area contributed by atoms with Crippen LogP contribution in [0.5, 0.6) is 11.5 Å². The molecule has 11 nitrogen and oxygen atoms in total. The number of nitrogens with one attached hydrogen (secondary N) is 1. The van der Waals surface area contributed by atoms with Crippen molar-refractivity contribution in [3.05, 3.63) is 59.2 Å². The summed E-state index contributed by atoms with van der Waals surface area (Å²) in [5.74, 6) is 0.363.